The van der Waals surface area contributed by atoms with E-state index in [9.17, 15) is 14.9 Å². The summed E-state index contributed by atoms with van der Waals surface area (Å²) >= 11 is 0. The molecule has 16 heavy (non-hydrogen) atoms. The van der Waals surface area contributed by atoms with E-state index in [1.54, 1.807) is 7.05 Å². The van der Waals surface area contributed by atoms with Crippen molar-refractivity contribution >= 4 is 11.6 Å². The molecule has 2 atom stereocenters. The first-order chi connectivity index (χ1) is 7.49. The molecule has 1 aliphatic rings. The van der Waals surface area contributed by atoms with Crippen molar-refractivity contribution in [3.63, 3.8) is 0 Å². The second-order valence-electron chi connectivity index (χ2n) is 3.93. The Hall–Kier alpha value is -1.89. The third-order valence-electron chi connectivity index (χ3n) is 2.59. The molecule has 0 aromatic carbocycles. The van der Waals surface area contributed by atoms with E-state index < -0.39 is 4.92 Å². The van der Waals surface area contributed by atoms with E-state index in [4.69, 9.17) is 5.73 Å². The molecule has 86 valence electrons. The molecule has 0 saturated heterocycles. The maximum atomic E-state index is 11.7. The number of carbonyl (C=O) groups is 1. The average Bonchev–Trinajstić information content (AvgIpc) is 2.75. The van der Waals surface area contributed by atoms with E-state index in [1.807, 2.05) is 0 Å². The molecule has 0 radical (unpaired) electrons. The molecule has 7 heteroatoms. The van der Waals surface area contributed by atoms with Gasteiger partial charge in [0.1, 0.15) is 5.69 Å². The quantitative estimate of drug-likeness (QED) is 0.546. The van der Waals surface area contributed by atoms with Crippen LogP contribution in [0, 0.1) is 10.1 Å². The summed E-state index contributed by atoms with van der Waals surface area (Å²) in [5, 5.41) is 13.2. The van der Waals surface area contributed by atoms with Crippen molar-refractivity contribution in [1.29, 1.82) is 0 Å². The van der Waals surface area contributed by atoms with Gasteiger partial charge in [-0.15, -0.1) is 0 Å². The number of hydrogen-bond acceptors (Lipinski definition) is 4. The van der Waals surface area contributed by atoms with Gasteiger partial charge >= 0.3 is 0 Å². The summed E-state index contributed by atoms with van der Waals surface area (Å²) in [5.74, 6) is -0.325. The van der Waals surface area contributed by atoms with Crippen LogP contribution in [0.3, 0.4) is 0 Å². The number of carbonyl (C=O) groups excluding carboxylic acids is 1. The smallest absolute Gasteiger partial charge is 0.287 e. The topological polar surface area (TPSA) is 103 Å². The summed E-state index contributed by atoms with van der Waals surface area (Å²) in [4.78, 5) is 21.7. The molecule has 1 aromatic heterocycles. The molecule has 7 nitrogen and oxygen atoms in total. The predicted octanol–water partition coefficient (Wildman–Crippen LogP) is -0.237. The Labute approximate surface area is 91.4 Å². The van der Waals surface area contributed by atoms with Crippen LogP contribution in [-0.4, -0.2) is 27.5 Å². The highest BCUT2D eigenvalue weighted by Crippen LogP contribution is 2.20. The Morgan fingerprint density at radius 1 is 1.75 bits per heavy atom. The number of nitrogens with zero attached hydrogens (tertiary/aromatic N) is 2. The van der Waals surface area contributed by atoms with Crippen LogP contribution in [0.4, 0.5) is 5.69 Å². The van der Waals surface area contributed by atoms with E-state index in [-0.39, 0.29) is 29.4 Å². The number of rotatable bonds is 3. The zero-order valence-corrected chi connectivity index (χ0v) is 8.71. The highest BCUT2D eigenvalue weighted by atomic mass is 16.6. The first kappa shape index (κ1) is 10.6. The molecule has 2 unspecified atom stereocenters. The zero-order chi connectivity index (χ0) is 11.9. The first-order valence-corrected chi connectivity index (χ1v) is 4.86. The van der Waals surface area contributed by atoms with Crippen molar-refractivity contribution in [2.24, 2.45) is 12.8 Å². The van der Waals surface area contributed by atoms with Gasteiger partial charge in [-0.1, -0.05) is 0 Å². The minimum atomic E-state index is -0.528. The average molecular weight is 224 g/mol. The van der Waals surface area contributed by atoms with E-state index in [2.05, 4.69) is 5.32 Å². The van der Waals surface area contributed by atoms with Crippen molar-refractivity contribution in [1.82, 2.24) is 9.88 Å². The normalized spacial score (nSPS) is 22.9. The van der Waals surface area contributed by atoms with E-state index in [0.29, 0.717) is 0 Å². The molecule has 0 aliphatic heterocycles. The van der Waals surface area contributed by atoms with Gasteiger partial charge in [0, 0.05) is 25.2 Å². The lowest BCUT2D eigenvalue weighted by Gasteiger charge is -2.03. The fraction of sp³-hybridized carbons (Fsp3) is 0.444. The monoisotopic (exact) mass is 224 g/mol. The van der Waals surface area contributed by atoms with Gasteiger partial charge in [-0.2, -0.15) is 0 Å². The van der Waals surface area contributed by atoms with Gasteiger partial charge in [0.05, 0.1) is 11.1 Å². The van der Waals surface area contributed by atoms with E-state index in [0.717, 1.165) is 6.42 Å². The maximum absolute atomic E-state index is 11.7. The minimum absolute atomic E-state index is 0.00135. The second-order valence-corrected chi connectivity index (χ2v) is 3.93. The van der Waals surface area contributed by atoms with Gasteiger partial charge in [-0.05, 0) is 6.42 Å². The second kappa shape index (κ2) is 3.60. The van der Waals surface area contributed by atoms with Gasteiger partial charge in [0.15, 0.2) is 0 Å². The molecule has 1 fully saturated rings. The third kappa shape index (κ3) is 1.89. The Morgan fingerprint density at radius 2 is 2.38 bits per heavy atom. The summed E-state index contributed by atoms with van der Waals surface area (Å²) in [5.41, 5.74) is 5.73. The molecule has 0 bridgehead atoms. The summed E-state index contributed by atoms with van der Waals surface area (Å²) in [6, 6.07) is 1.27. The molecule has 1 heterocycles. The first-order valence-electron chi connectivity index (χ1n) is 4.86. The van der Waals surface area contributed by atoms with Gasteiger partial charge in [-0.3, -0.25) is 14.9 Å². The SMILES string of the molecule is Cn1cc([N+](=O)[O-])cc1C(=O)NC1CC1N. The largest absolute Gasteiger partial charge is 0.346 e. The Balaban J connectivity index is 2.13. The molecule has 0 spiro atoms. The maximum Gasteiger partial charge on any atom is 0.287 e. The standard InChI is InChI=1S/C9H12N4O3/c1-12-4-5(13(15)16)2-8(12)9(14)11-7-3-6(7)10/h2,4,6-7H,3,10H2,1H3,(H,11,14). The van der Waals surface area contributed by atoms with Crippen molar-refractivity contribution < 1.29 is 9.72 Å². The van der Waals surface area contributed by atoms with Gasteiger partial charge in [-0.25, -0.2) is 0 Å². The predicted molar refractivity (Wildman–Crippen MR) is 55.9 cm³/mol. The zero-order valence-electron chi connectivity index (χ0n) is 8.71. The number of hydrogen-bond donors (Lipinski definition) is 2. The lowest BCUT2D eigenvalue weighted by molar-refractivity contribution is -0.384. The molecule has 1 amide bonds. The van der Waals surface area contributed by atoms with Crippen molar-refractivity contribution in [2.75, 3.05) is 0 Å². The molecule has 3 N–H and O–H groups in total. The number of nitrogens with one attached hydrogen (secondary N) is 1. The lowest BCUT2D eigenvalue weighted by atomic mass is 10.4. The van der Waals surface area contributed by atoms with Crippen LogP contribution in [0.1, 0.15) is 16.9 Å². The summed E-state index contributed by atoms with van der Waals surface area (Å²) < 4.78 is 1.43. The molecule has 1 aliphatic carbocycles. The van der Waals surface area contributed by atoms with Gasteiger partial charge in [0.25, 0.3) is 11.6 Å². The summed E-state index contributed by atoms with van der Waals surface area (Å²) in [6.45, 7) is 0. The Morgan fingerprint density at radius 3 is 2.81 bits per heavy atom. The fourth-order valence-electron chi connectivity index (χ4n) is 1.50. The highest BCUT2D eigenvalue weighted by molar-refractivity contribution is 5.94. The third-order valence-corrected chi connectivity index (χ3v) is 2.59. The Kier molecular flexibility index (Phi) is 2.39. The van der Waals surface area contributed by atoms with Gasteiger partial charge in [0.2, 0.25) is 0 Å². The van der Waals surface area contributed by atoms with Crippen LogP contribution >= 0.6 is 0 Å². The Bertz CT molecular complexity index is 454. The van der Waals surface area contributed by atoms with Crippen LogP contribution in [-0.2, 0) is 7.05 Å². The van der Waals surface area contributed by atoms with Crippen molar-refractivity contribution in [2.45, 2.75) is 18.5 Å². The molecule has 2 rings (SSSR count). The molecule has 1 saturated carbocycles. The number of aryl methyl sites for hydroxylation is 1. The van der Waals surface area contributed by atoms with Crippen molar-refractivity contribution in [3.05, 3.63) is 28.1 Å². The highest BCUT2D eigenvalue weighted by Gasteiger charge is 2.35. The minimum Gasteiger partial charge on any atom is -0.346 e. The number of aromatic nitrogens is 1. The van der Waals surface area contributed by atoms with Crippen LogP contribution in [0.15, 0.2) is 12.3 Å². The fourth-order valence-corrected chi connectivity index (χ4v) is 1.50. The molecular weight excluding hydrogens is 212 g/mol. The number of nitrogens with two attached hydrogens (primary N) is 1. The van der Waals surface area contributed by atoms with Crippen LogP contribution < -0.4 is 11.1 Å². The molecule has 1 aromatic rings. The van der Waals surface area contributed by atoms with Crippen molar-refractivity contribution in [3.8, 4) is 0 Å². The van der Waals surface area contributed by atoms with Crippen LogP contribution in [0.25, 0.3) is 0 Å². The number of amides is 1. The number of nitro groups is 1. The van der Waals surface area contributed by atoms with Crippen LogP contribution in [0.5, 0.6) is 0 Å². The summed E-state index contributed by atoms with van der Waals surface area (Å²) in [6.07, 6.45) is 2.07. The van der Waals surface area contributed by atoms with E-state index in [1.165, 1.54) is 16.8 Å². The lowest BCUT2D eigenvalue weighted by Crippen LogP contribution is -2.30. The summed E-state index contributed by atoms with van der Waals surface area (Å²) in [7, 11) is 1.59. The molecular formula is C9H12N4O3. The van der Waals surface area contributed by atoms with Crippen LogP contribution in [0.2, 0.25) is 0 Å². The van der Waals surface area contributed by atoms with E-state index >= 15 is 0 Å². The van der Waals surface area contributed by atoms with Gasteiger partial charge < -0.3 is 15.6 Å².